The summed E-state index contributed by atoms with van der Waals surface area (Å²) in [5, 5.41) is 34.4. The molecule has 2 rings (SSSR count). The van der Waals surface area contributed by atoms with E-state index in [0.29, 0.717) is 12.8 Å². The molecule has 0 aromatic carbocycles. The molecule has 0 amide bonds. The van der Waals surface area contributed by atoms with Crippen molar-refractivity contribution in [3.63, 3.8) is 0 Å². The van der Waals surface area contributed by atoms with Crippen LogP contribution < -0.4 is 0 Å². The van der Waals surface area contributed by atoms with E-state index in [1.54, 1.807) is 27.7 Å². The van der Waals surface area contributed by atoms with Crippen LogP contribution in [0.25, 0.3) is 0 Å². The Labute approximate surface area is 189 Å². The monoisotopic (exact) mass is 454 g/mol. The van der Waals surface area contributed by atoms with Crippen molar-refractivity contribution in [2.75, 3.05) is 0 Å². The number of esters is 1. The van der Waals surface area contributed by atoms with Gasteiger partial charge in [-0.15, -0.1) is 11.3 Å². The number of rotatable bonds is 1. The standard InChI is InChI=1S/C24H38O6S/c1-7-20-14(4)22(27)13(3)19(25)10-18-9-17(11-31-18)8-12(2)21(26)15(5)23(28)16(6)24(29)30-20/h9,11-16,20-23,26-28H,7-8,10H2,1-6H3. The predicted octanol–water partition coefficient (Wildman–Crippen LogP) is 3.00. The van der Waals surface area contributed by atoms with Gasteiger partial charge < -0.3 is 20.1 Å². The number of carbonyl (C=O) groups excluding carboxylic acids is 2. The van der Waals surface area contributed by atoms with Gasteiger partial charge in [0.15, 0.2) is 0 Å². The Balaban J connectivity index is 2.36. The third kappa shape index (κ3) is 6.15. The largest absolute Gasteiger partial charge is 0.462 e. The van der Waals surface area contributed by atoms with Gasteiger partial charge in [-0.2, -0.15) is 0 Å². The molecular weight excluding hydrogens is 416 g/mol. The number of aliphatic hydroxyl groups is 3. The Morgan fingerprint density at radius 3 is 2.19 bits per heavy atom. The van der Waals surface area contributed by atoms with Crippen LogP contribution >= 0.6 is 11.3 Å². The van der Waals surface area contributed by atoms with Crippen molar-refractivity contribution in [3.05, 3.63) is 21.9 Å². The fourth-order valence-electron chi connectivity index (χ4n) is 4.45. The maximum Gasteiger partial charge on any atom is 0.311 e. The van der Waals surface area contributed by atoms with Gasteiger partial charge in [0.25, 0.3) is 0 Å². The second-order valence-corrected chi connectivity index (χ2v) is 10.4. The van der Waals surface area contributed by atoms with Crippen LogP contribution in [-0.4, -0.2) is 51.5 Å². The van der Waals surface area contributed by atoms with E-state index in [-0.39, 0.29) is 18.1 Å². The minimum absolute atomic E-state index is 0.0521. The highest BCUT2D eigenvalue weighted by atomic mass is 32.1. The van der Waals surface area contributed by atoms with E-state index in [0.717, 1.165) is 10.4 Å². The number of hydrogen-bond donors (Lipinski definition) is 3. The molecule has 7 heteroatoms. The summed E-state index contributed by atoms with van der Waals surface area (Å²) < 4.78 is 5.66. The van der Waals surface area contributed by atoms with Gasteiger partial charge in [0.1, 0.15) is 11.9 Å². The molecule has 0 aliphatic carbocycles. The van der Waals surface area contributed by atoms with Crippen molar-refractivity contribution in [2.24, 2.45) is 29.6 Å². The Bertz CT molecular complexity index is 746. The topological polar surface area (TPSA) is 104 Å². The SMILES string of the molecule is CCC1OC(=O)C(C)C(O)C(C)C(O)C(C)Cc2csc(c2)CC(=O)C(C)C(O)C1C. The molecule has 1 aromatic heterocycles. The zero-order chi connectivity index (χ0) is 23.5. The van der Waals surface area contributed by atoms with Crippen LogP contribution in [0.15, 0.2) is 11.4 Å². The Hall–Kier alpha value is -1.28. The van der Waals surface area contributed by atoms with Crippen LogP contribution in [0, 0.1) is 29.6 Å². The molecule has 6 nitrogen and oxygen atoms in total. The lowest BCUT2D eigenvalue weighted by molar-refractivity contribution is -0.165. The van der Waals surface area contributed by atoms with E-state index in [9.17, 15) is 24.9 Å². The fourth-order valence-corrected chi connectivity index (χ4v) is 5.36. The minimum atomic E-state index is -1.06. The van der Waals surface area contributed by atoms with Crippen LogP contribution in [0.3, 0.4) is 0 Å². The lowest BCUT2D eigenvalue weighted by Gasteiger charge is -2.33. The second-order valence-electron chi connectivity index (χ2n) is 9.40. The Morgan fingerprint density at radius 2 is 1.58 bits per heavy atom. The van der Waals surface area contributed by atoms with Crippen LogP contribution in [0.4, 0.5) is 0 Å². The molecule has 1 aliphatic heterocycles. The number of cyclic esters (lactones) is 1. The first kappa shape index (κ1) is 26.0. The van der Waals surface area contributed by atoms with Crippen molar-refractivity contribution in [1.82, 2.24) is 0 Å². The summed E-state index contributed by atoms with van der Waals surface area (Å²) in [7, 11) is 0. The highest BCUT2D eigenvalue weighted by Crippen LogP contribution is 2.29. The van der Waals surface area contributed by atoms with Gasteiger partial charge in [-0.3, -0.25) is 9.59 Å². The van der Waals surface area contributed by atoms with E-state index < -0.39 is 54.1 Å². The molecule has 0 spiro atoms. The number of Topliss-reactive ketones (excluding diaryl/α,β-unsaturated/α-hetero) is 1. The van der Waals surface area contributed by atoms with Gasteiger partial charge in [0, 0.05) is 29.1 Å². The summed E-state index contributed by atoms with van der Waals surface area (Å²) in [6.07, 6.45) is -2.04. The van der Waals surface area contributed by atoms with Gasteiger partial charge in [-0.05, 0) is 42.7 Å². The lowest BCUT2D eigenvalue weighted by Crippen LogP contribution is -2.43. The molecule has 1 aliphatic rings. The molecule has 3 N–H and O–H groups in total. The van der Waals surface area contributed by atoms with Gasteiger partial charge in [-0.25, -0.2) is 0 Å². The van der Waals surface area contributed by atoms with E-state index in [1.165, 1.54) is 11.3 Å². The first-order chi connectivity index (χ1) is 14.5. The smallest absolute Gasteiger partial charge is 0.311 e. The maximum absolute atomic E-state index is 12.8. The van der Waals surface area contributed by atoms with E-state index in [4.69, 9.17) is 4.74 Å². The molecule has 0 saturated heterocycles. The van der Waals surface area contributed by atoms with Gasteiger partial charge in [0.05, 0.1) is 24.2 Å². The van der Waals surface area contributed by atoms with Crippen molar-refractivity contribution in [2.45, 2.75) is 85.2 Å². The van der Waals surface area contributed by atoms with Crippen LogP contribution in [0.2, 0.25) is 0 Å². The minimum Gasteiger partial charge on any atom is -0.462 e. The molecule has 31 heavy (non-hydrogen) atoms. The van der Waals surface area contributed by atoms with Crippen molar-refractivity contribution >= 4 is 23.1 Å². The summed E-state index contributed by atoms with van der Waals surface area (Å²) >= 11 is 1.51. The normalized spacial score (nSPS) is 39.1. The van der Waals surface area contributed by atoms with Crippen molar-refractivity contribution in [3.8, 4) is 0 Å². The van der Waals surface area contributed by atoms with Gasteiger partial charge in [0.2, 0.25) is 0 Å². The number of ether oxygens (including phenoxy) is 1. The first-order valence-corrected chi connectivity index (χ1v) is 12.2. The van der Waals surface area contributed by atoms with Gasteiger partial charge >= 0.3 is 5.97 Å². The van der Waals surface area contributed by atoms with Crippen LogP contribution in [0.1, 0.15) is 58.4 Å². The number of aliphatic hydroxyl groups excluding tert-OH is 3. The van der Waals surface area contributed by atoms with Crippen molar-refractivity contribution < 1.29 is 29.6 Å². The average Bonchev–Trinajstić information content (AvgIpc) is 3.19. The van der Waals surface area contributed by atoms with Gasteiger partial charge in [-0.1, -0.05) is 34.6 Å². The third-order valence-corrected chi connectivity index (χ3v) is 7.96. The Kier molecular flexibility index (Phi) is 9.25. The second kappa shape index (κ2) is 11.0. The average molecular weight is 455 g/mol. The number of ketones is 1. The maximum atomic E-state index is 12.8. The van der Waals surface area contributed by atoms with E-state index in [2.05, 4.69) is 0 Å². The summed E-state index contributed by atoms with van der Waals surface area (Å²) in [5.41, 5.74) is 1.03. The molecule has 2 bridgehead atoms. The molecule has 176 valence electrons. The lowest BCUT2D eigenvalue weighted by atomic mass is 9.82. The van der Waals surface area contributed by atoms with E-state index in [1.807, 2.05) is 25.3 Å². The number of hydrogen-bond acceptors (Lipinski definition) is 7. The highest BCUT2D eigenvalue weighted by Gasteiger charge is 2.37. The molecule has 0 saturated carbocycles. The molecule has 0 radical (unpaired) electrons. The number of fused-ring (bicyclic) bond motifs is 2. The predicted molar refractivity (Wildman–Crippen MR) is 121 cm³/mol. The summed E-state index contributed by atoms with van der Waals surface area (Å²) in [6.45, 7) is 10.6. The molecular formula is C24H38O6S. The highest BCUT2D eigenvalue weighted by molar-refractivity contribution is 7.10. The quantitative estimate of drug-likeness (QED) is 0.564. The Morgan fingerprint density at radius 1 is 0.968 bits per heavy atom. The van der Waals surface area contributed by atoms with Crippen LogP contribution in [-0.2, 0) is 27.2 Å². The molecule has 0 fully saturated rings. The molecule has 9 atom stereocenters. The molecule has 1 aromatic rings. The van der Waals surface area contributed by atoms with E-state index >= 15 is 0 Å². The fraction of sp³-hybridized carbons (Fsp3) is 0.750. The first-order valence-electron chi connectivity index (χ1n) is 11.3. The third-order valence-electron chi connectivity index (χ3n) is 6.97. The number of carbonyl (C=O) groups is 2. The summed E-state index contributed by atoms with van der Waals surface area (Å²) in [6, 6.07) is 1.98. The zero-order valence-corrected chi connectivity index (χ0v) is 20.3. The summed E-state index contributed by atoms with van der Waals surface area (Å²) in [4.78, 5) is 26.5. The zero-order valence-electron chi connectivity index (χ0n) is 19.4. The summed E-state index contributed by atoms with van der Waals surface area (Å²) in [5.74, 6) is -3.11. The molecule has 9 unspecified atom stereocenters. The van der Waals surface area contributed by atoms with Crippen LogP contribution in [0.5, 0.6) is 0 Å². The molecule has 2 heterocycles. The number of thiophene rings is 1. The van der Waals surface area contributed by atoms with Crippen molar-refractivity contribution in [1.29, 1.82) is 0 Å².